The predicted octanol–water partition coefficient (Wildman–Crippen LogP) is 3.00. The number of carbonyl (C=O) groups is 1. The van der Waals surface area contributed by atoms with Gasteiger partial charge in [0.25, 0.3) is 0 Å². The highest BCUT2D eigenvalue weighted by Crippen LogP contribution is 2.18. The molecule has 0 spiro atoms. The number of hydrogen-bond donors (Lipinski definition) is 1. The van der Waals surface area contributed by atoms with Gasteiger partial charge in [-0.25, -0.2) is 18.9 Å². The molecule has 8 heteroatoms. The molecule has 7 nitrogen and oxygen atoms in total. The molecule has 0 radical (unpaired) electrons. The Morgan fingerprint density at radius 1 is 1.00 bits per heavy atom. The third kappa shape index (κ3) is 4.37. The van der Waals surface area contributed by atoms with Crippen LogP contribution in [0.5, 0.6) is 0 Å². The minimum Gasteiger partial charge on any atom is -0.368 e. The number of urea groups is 1. The van der Waals surface area contributed by atoms with E-state index in [0.717, 1.165) is 30.0 Å². The van der Waals surface area contributed by atoms with E-state index >= 15 is 0 Å². The summed E-state index contributed by atoms with van der Waals surface area (Å²) >= 11 is 0. The summed E-state index contributed by atoms with van der Waals surface area (Å²) in [6, 6.07) is 14.2. The van der Waals surface area contributed by atoms with Gasteiger partial charge in [-0.1, -0.05) is 12.1 Å². The van der Waals surface area contributed by atoms with Crippen LogP contribution < -0.4 is 10.2 Å². The molecule has 2 amide bonds. The molecule has 1 N–H and O–H groups in total. The summed E-state index contributed by atoms with van der Waals surface area (Å²) in [5, 5.41) is 7.18. The Hall–Kier alpha value is -3.42. The Morgan fingerprint density at radius 3 is 2.28 bits per heavy atom. The van der Waals surface area contributed by atoms with E-state index in [9.17, 15) is 9.18 Å². The molecule has 150 valence electrons. The zero-order valence-electron chi connectivity index (χ0n) is 16.2. The van der Waals surface area contributed by atoms with Gasteiger partial charge in [0.1, 0.15) is 18.5 Å². The second-order valence-corrected chi connectivity index (χ2v) is 7.05. The van der Waals surface area contributed by atoms with Gasteiger partial charge in [-0.3, -0.25) is 0 Å². The molecule has 1 aliphatic heterocycles. The van der Waals surface area contributed by atoms with Gasteiger partial charge in [0.15, 0.2) is 0 Å². The maximum Gasteiger partial charge on any atom is 0.317 e. The topological polar surface area (TPSA) is 66.3 Å². The van der Waals surface area contributed by atoms with E-state index in [0.29, 0.717) is 13.1 Å². The number of anilines is 1. The number of rotatable bonds is 4. The van der Waals surface area contributed by atoms with Crippen molar-refractivity contribution in [2.45, 2.75) is 13.0 Å². The minimum atomic E-state index is -0.241. The maximum atomic E-state index is 13.1. The van der Waals surface area contributed by atoms with Crippen LogP contribution in [0.15, 0.2) is 61.2 Å². The number of halogens is 1. The lowest BCUT2D eigenvalue weighted by Crippen LogP contribution is -2.52. The molecule has 4 rings (SSSR count). The third-order valence-corrected chi connectivity index (χ3v) is 5.18. The molecule has 0 saturated carbocycles. The number of aromatic nitrogens is 3. The van der Waals surface area contributed by atoms with E-state index in [1.807, 2.05) is 36.1 Å². The van der Waals surface area contributed by atoms with E-state index in [-0.39, 0.29) is 17.9 Å². The second-order valence-electron chi connectivity index (χ2n) is 7.05. The van der Waals surface area contributed by atoms with Gasteiger partial charge in [0.05, 0.1) is 11.7 Å². The van der Waals surface area contributed by atoms with Crippen molar-refractivity contribution >= 4 is 11.7 Å². The fourth-order valence-corrected chi connectivity index (χ4v) is 3.44. The molecule has 1 fully saturated rings. The summed E-state index contributed by atoms with van der Waals surface area (Å²) in [6.07, 6.45) is 3.14. The fourth-order valence-electron chi connectivity index (χ4n) is 3.44. The molecule has 2 heterocycles. The van der Waals surface area contributed by atoms with Crippen LogP contribution in [0.25, 0.3) is 5.69 Å². The number of amides is 2. The smallest absolute Gasteiger partial charge is 0.317 e. The van der Waals surface area contributed by atoms with Crippen LogP contribution in [0.2, 0.25) is 0 Å². The van der Waals surface area contributed by atoms with Gasteiger partial charge in [0, 0.05) is 31.9 Å². The largest absolute Gasteiger partial charge is 0.368 e. The van der Waals surface area contributed by atoms with E-state index in [1.165, 1.54) is 18.5 Å². The lowest BCUT2D eigenvalue weighted by molar-refractivity contribution is 0.191. The summed E-state index contributed by atoms with van der Waals surface area (Å²) in [5.74, 6) is -0.241. The van der Waals surface area contributed by atoms with Crippen molar-refractivity contribution in [2.24, 2.45) is 0 Å². The Kier molecular flexibility index (Phi) is 5.41. The number of piperazine rings is 1. The van der Waals surface area contributed by atoms with Crippen molar-refractivity contribution in [3.63, 3.8) is 0 Å². The molecule has 3 aromatic rings. The molecule has 29 heavy (non-hydrogen) atoms. The number of hydrogen-bond acceptors (Lipinski definition) is 4. The van der Waals surface area contributed by atoms with Crippen LogP contribution in [-0.4, -0.2) is 51.9 Å². The fraction of sp³-hybridized carbons (Fsp3) is 0.286. The Morgan fingerprint density at radius 2 is 1.66 bits per heavy atom. The van der Waals surface area contributed by atoms with Crippen LogP contribution in [0.3, 0.4) is 0 Å². The van der Waals surface area contributed by atoms with Crippen LogP contribution in [0.4, 0.5) is 14.9 Å². The van der Waals surface area contributed by atoms with E-state index in [2.05, 4.69) is 20.3 Å². The van der Waals surface area contributed by atoms with Gasteiger partial charge >= 0.3 is 6.03 Å². The molecule has 1 aliphatic rings. The SMILES string of the molecule is CC(NC(=O)N1CCN(c2ccc(F)cc2)CC1)c1ccc(-n2cncn2)cc1. The predicted molar refractivity (Wildman–Crippen MR) is 108 cm³/mol. The van der Waals surface area contributed by atoms with E-state index < -0.39 is 0 Å². The van der Waals surface area contributed by atoms with Gasteiger partial charge in [-0.05, 0) is 48.9 Å². The first kappa shape index (κ1) is 18.9. The van der Waals surface area contributed by atoms with Gasteiger partial charge in [0.2, 0.25) is 0 Å². The molecule has 0 bridgehead atoms. The molecule has 2 aromatic carbocycles. The summed E-state index contributed by atoms with van der Waals surface area (Å²) in [6.45, 7) is 4.67. The first-order chi connectivity index (χ1) is 14.1. The van der Waals surface area contributed by atoms with Crippen molar-refractivity contribution in [1.82, 2.24) is 25.0 Å². The number of carbonyl (C=O) groups excluding carboxylic acids is 1. The molecular formula is C21H23FN6O. The summed E-state index contributed by atoms with van der Waals surface area (Å²) in [4.78, 5) is 20.6. The Bertz CT molecular complexity index is 934. The van der Waals surface area contributed by atoms with Crippen LogP contribution in [-0.2, 0) is 0 Å². The van der Waals surface area contributed by atoms with Crippen molar-refractivity contribution in [2.75, 3.05) is 31.1 Å². The first-order valence-electron chi connectivity index (χ1n) is 9.61. The molecule has 1 saturated heterocycles. The maximum absolute atomic E-state index is 13.1. The van der Waals surface area contributed by atoms with Gasteiger partial charge in [-0.15, -0.1) is 0 Å². The van der Waals surface area contributed by atoms with Crippen molar-refractivity contribution in [3.8, 4) is 5.69 Å². The first-order valence-corrected chi connectivity index (χ1v) is 9.61. The molecular weight excluding hydrogens is 371 g/mol. The zero-order valence-corrected chi connectivity index (χ0v) is 16.2. The number of benzene rings is 2. The standard InChI is InChI=1S/C21H23FN6O/c1-16(17-2-6-20(7-3-17)28-15-23-14-24-28)25-21(29)27-12-10-26(11-13-27)19-8-4-18(22)5-9-19/h2-9,14-16H,10-13H2,1H3,(H,25,29). The highest BCUT2D eigenvalue weighted by Gasteiger charge is 2.22. The number of nitrogens with one attached hydrogen (secondary N) is 1. The Labute approximate surface area is 168 Å². The monoisotopic (exact) mass is 394 g/mol. The number of nitrogens with zero attached hydrogens (tertiary/aromatic N) is 5. The Balaban J connectivity index is 1.30. The highest BCUT2D eigenvalue weighted by molar-refractivity contribution is 5.75. The highest BCUT2D eigenvalue weighted by atomic mass is 19.1. The van der Waals surface area contributed by atoms with Crippen molar-refractivity contribution in [1.29, 1.82) is 0 Å². The van der Waals surface area contributed by atoms with Crippen molar-refractivity contribution < 1.29 is 9.18 Å². The summed E-state index contributed by atoms with van der Waals surface area (Å²) < 4.78 is 14.8. The lowest BCUT2D eigenvalue weighted by Gasteiger charge is -2.36. The molecule has 1 atom stereocenters. The zero-order chi connectivity index (χ0) is 20.2. The minimum absolute atomic E-state index is 0.0726. The second kappa shape index (κ2) is 8.30. The molecule has 0 aliphatic carbocycles. The summed E-state index contributed by atoms with van der Waals surface area (Å²) in [7, 11) is 0. The lowest BCUT2D eigenvalue weighted by atomic mass is 10.1. The van der Waals surface area contributed by atoms with Crippen LogP contribution in [0, 0.1) is 5.82 Å². The average molecular weight is 394 g/mol. The average Bonchev–Trinajstić information content (AvgIpc) is 3.29. The molecule has 1 aromatic heterocycles. The third-order valence-electron chi connectivity index (χ3n) is 5.18. The quantitative estimate of drug-likeness (QED) is 0.739. The van der Waals surface area contributed by atoms with Gasteiger partial charge in [-0.2, -0.15) is 5.10 Å². The van der Waals surface area contributed by atoms with Crippen molar-refractivity contribution in [3.05, 3.63) is 72.6 Å². The van der Waals surface area contributed by atoms with Crippen LogP contribution >= 0.6 is 0 Å². The van der Waals surface area contributed by atoms with E-state index in [4.69, 9.17) is 0 Å². The summed E-state index contributed by atoms with van der Waals surface area (Å²) in [5.41, 5.74) is 2.92. The van der Waals surface area contributed by atoms with E-state index in [1.54, 1.807) is 23.1 Å². The van der Waals surface area contributed by atoms with Gasteiger partial charge < -0.3 is 15.1 Å². The normalized spacial score (nSPS) is 15.2. The molecule has 1 unspecified atom stereocenters. The van der Waals surface area contributed by atoms with Crippen LogP contribution in [0.1, 0.15) is 18.5 Å².